The molecule has 0 saturated carbocycles. The van der Waals surface area contributed by atoms with E-state index < -0.39 is 43.7 Å². The van der Waals surface area contributed by atoms with Gasteiger partial charge in [-0.05, 0) is 114 Å². The minimum absolute atomic E-state index is 0. The molecule has 9 rings (SSSR count). The van der Waals surface area contributed by atoms with E-state index in [4.69, 9.17) is 26.4 Å². The molecule has 0 aliphatic rings. The molecule has 5 heteroatoms. The quantitative estimate of drug-likeness (QED) is 0.162. The van der Waals surface area contributed by atoms with Gasteiger partial charge in [0, 0.05) is 60.5 Å². The number of pyridine rings is 1. The molecular formula is C69H74N3OPt-. The number of aromatic nitrogens is 3. The van der Waals surface area contributed by atoms with Crippen molar-refractivity contribution in [1.82, 2.24) is 14.5 Å². The maximum Gasteiger partial charge on any atom is 0.148 e. The van der Waals surface area contributed by atoms with Gasteiger partial charge in [0.2, 0.25) is 0 Å². The van der Waals surface area contributed by atoms with Crippen molar-refractivity contribution in [2.75, 3.05) is 0 Å². The normalized spacial score (nSPS) is 15.6. The molecule has 2 aromatic heterocycles. The Morgan fingerprint density at radius 3 is 1.69 bits per heavy atom. The Kier molecular flexibility index (Phi) is 10.7. The van der Waals surface area contributed by atoms with Crippen molar-refractivity contribution in [3.63, 3.8) is 0 Å². The van der Waals surface area contributed by atoms with Gasteiger partial charge in [-0.3, -0.25) is 9.55 Å². The fourth-order valence-electron chi connectivity index (χ4n) is 9.52. The molecule has 0 atom stereocenters. The number of phenolic OH excluding ortho intramolecular Hbond substituents is 1. The topological polar surface area (TPSA) is 50.9 Å². The number of phenols is 1. The van der Waals surface area contributed by atoms with E-state index in [0.717, 1.165) is 38.9 Å². The summed E-state index contributed by atoms with van der Waals surface area (Å²) >= 11 is 0. The molecule has 4 nitrogen and oxygen atoms in total. The number of nitrogens with zero attached hydrogens (tertiary/aromatic N) is 3. The van der Waals surface area contributed by atoms with E-state index in [9.17, 15) is 5.11 Å². The zero-order chi connectivity index (χ0) is 62.6. The molecule has 0 amide bonds. The smallest absolute Gasteiger partial charge is 0.148 e. The Hall–Kier alpha value is -6.35. The van der Waals surface area contributed by atoms with Crippen LogP contribution in [0.25, 0.3) is 83.9 Å². The van der Waals surface area contributed by atoms with Crippen molar-refractivity contribution in [3.8, 4) is 78.6 Å². The van der Waals surface area contributed by atoms with Gasteiger partial charge in [0.05, 0.1) is 22.3 Å². The van der Waals surface area contributed by atoms with Crippen LogP contribution in [0.4, 0.5) is 0 Å². The predicted molar refractivity (Wildman–Crippen MR) is 310 cm³/mol. The maximum absolute atomic E-state index is 12.9. The Morgan fingerprint density at radius 2 is 1.08 bits per heavy atom. The number of rotatable bonds is 7. The molecule has 0 aliphatic heterocycles. The first-order valence-electron chi connectivity index (χ1n) is 31.0. The largest absolute Gasteiger partial charge is 0.507 e. The van der Waals surface area contributed by atoms with Gasteiger partial charge in [-0.15, -0.1) is 29.3 Å². The van der Waals surface area contributed by atoms with Crippen molar-refractivity contribution in [3.05, 3.63) is 191 Å². The van der Waals surface area contributed by atoms with Crippen LogP contribution in [0.2, 0.25) is 0 Å². The van der Waals surface area contributed by atoms with Gasteiger partial charge in [0.15, 0.2) is 0 Å². The molecule has 1 N–H and O–H groups in total. The second-order valence-electron chi connectivity index (χ2n) is 23.7. The van der Waals surface area contributed by atoms with Gasteiger partial charge < -0.3 is 5.11 Å². The molecule has 74 heavy (non-hydrogen) atoms. The molecular weight excluding hydrogens is 1080 g/mol. The summed E-state index contributed by atoms with van der Waals surface area (Å²) in [6, 6.07) is 48.7. The monoisotopic (exact) mass is 1170 g/mol. The second kappa shape index (κ2) is 19.7. The molecule has 7 aromatic carbocycles. The molecule has 2 heterocycles. The number of benzene rings is 7. The van der Waals surface area contributed by atoms with Crippen LogP contribution in [0.15, 0.2) is 152 Å². The van der Waals surface area contributed by atoms with Crippen LogP contribution in [0.1, 0.15) is 153 Å². The molecule has 0 spiro atoms. The zero-order valence-electron chi connectivity index (χ0n) is 56.5. The average molecular weight is 1170 g/mol. The van der Waals surface area contributed by atoms with Gasteiger partial charge in [0.25, 0.3) is 0 Å². The van der Waals surface area contributed by atoms with Crippen molar-refractivity contribution in [1.29, 1.82) is 0 Å². The molecule has 382 valence electrons. The molecule has 0 radical (unpaired) electrons. The van der Waals surface area contributed by atoms with E-state index in [2.05, 4.69) is 118 Å². The Labute approximate surface area is 473 Å². The first kappa shape index (κ1) is 40.0. The number of aryl methyl sites for hydroxylation is 1. The summed E-state index contributed by atoms with van der Waals surface area (Å²) in [6.45, 7) is 12.7. The van der Waals surface area contributed by atoms with E-state index >= 15 is 0 Å². The molecule has 0 saturated heterocycles. The summed E-state index contributed by atoms with van der Waals surface area (Å²) in [5.74, 6) is 0.513. The number of aromatic hydroxyl groups is 1. The van der Waals surface area contributed by atoms with Gasteiger partial charge in [0.1, 0.15) is 11.6 Å². The van der Waals surface area contributed by atoms with E-state index in [1.54, 1.807) is 18.3 Å². The van der Waals surface area contributed by atoms with Crippen molar-refractivity contribution < 1.29 is 42.6 Å². The first-order chi connectivity index (χ1) is 39.1. The molecule has 0 unspecified atom stereocenters. The van der Waals surface area contributed by atoms with E-state index in [1.807, 2.05) is 84.9 Å². The third-order valence-corrected chi connectivity index (χ3v) is 13.9. The van der Waals surface area contributed by atoms with Crippen LogP contribution < -0.4 is 0 Å². The summed E-state index contributed by atoms with van der Waals surface area (Å²) in [5.41, 5.74) is 7.98. The zero-order valence-corrected chi connectivity index (χ0v) is 46.8. The minimum Gasteiger partial charge on any atom is -0.507 e. The van der Waals surface area contributed by atoms with Crippen LogP contribution in [0.5, 0.6) is 5.75 Å². The second-order valence-corrected chi connectivity index (χ2v) is 23.7. The third kappa shape index (κ3) is 10.8. The van der Waals surface area contributed by atoms with Crippen LogP contribution >= 0.6 is 0 Å². The number of para-hydroxylation sites is 1. The Balaban J connectivity index is 0.00000961. The van der Waals surface area contributed by atoms with E-state index in [-0.39, 0.29) is 48.8 Å². The van der Waals surface area contributed by atoms with Crippen LogP contribution in [0.3, 0.4) is 0 Å². The fraction of sp³-hybridized carbons (Fsp3) is 0.304. The minimum atomic E-state index is -3.40. The Morgan fingerprint density at radius 1 is 0.486 bits per heavy atom. The maximum atomic E-state index is 12.9. The van der Waals surface area contributed by atoms with Crippen molar-refractivity contribution in [2.45, 2.75) is 138 Å². The fourth-order valence-corrected chi connectivity index (χ4v) is 9.52. The van der Waals surface area contributed by atoms with Crippen LogP contribution in [0, 0.1) is 12.9 Å². The van der Waals surface area contributed by atoms with E-state index in [0.29, 0.717) is 67.2 Å². The van der Waals surface area contributed by atoms with Crippen LogP contribution in [-0.2, 0) is 48.1 Å². The number of imidazole rings is 1. The number of fused-ring (bicyclic) bond motifs is 1. The molecule has 0 fully saturated rings. The standard InChI is InChI=1S/C69H74N3O.Pt/c1-43-35-56(46-27-31-51(32-28-46)66(5,6)7)61(42-55(43)45-21-18-17-19-22-45)72-60-24-20-23-54(62(60)71-64(72)57-40-53(68(11,12)13)41-58(63(57)73)69(14,15)16)48-36-49(38-52(37-48)67(8,9)10)59-39-47(33-34-70-59)44-25-29-50(30-26-44)65(2,3)4;/h17-35,37-42,73H,1-16H3;/q-1;/i1D3,2D3,3D3,4D3;. The van der Waals surface area contributed by atoms with Crippen molar-refractivity contribution in [2.24, 2.45) is 0 Å². The van der Waals surface area contributed by atoms with Gasteiger partial charge >= 0.3 is 0 Å². The van der Waals surface area contributed by atoms with Crippen molar-refractivity contribution >= 4 is 11.0 Å². The molecule has 0 aliphatic carbocycles. The first-order valence-corrected chi connectivity index (χ1v) is 25.0. The number of hydrogen-bond donors (Lipinski definition) is 1. The summed E-state index contributed by atoms with van der Waals surface area (Å²) in [6.07, 6.45) is 1.64. The van der Waals surface area contributed by atoms with Gasteiger partial charge in [-0.25, -0.2) is 4.98 Å². The van der Waals surface area contributed by atoms with Gasteiger partial charge in [-0.1, -0.05) is 218 Å². The molecule has 9 aromatic rings. The average Bonchev–Trinajstić information content (AvgIpc) is 0.975. The van der Waals surface area contributed by atoms with Crippen LogP contribution in [-0.4, -0.2) is 19.6 Å². The van der Waals surface area contributed by atoms with Gasteiger partial charge in [-0.2, -0.15) is 0 Å². The van der Waals surface area contributed by atoms with E-state index in [1.165, 1.54) is 24.3 Å². The molecule has 0 bridgehead atoms. The SMILES string of the molecule is [2H]C([2H])([2H])c1cc(-c2ccc(C(C)(C)C)cc2)c(-n2c(-c3cc(C(C)(C)C)cc(C(C)(C)C)c3O)nc3c(-c4[c-]c(-c5cc(-c6ccc(C(C([2H])([2H])[2H])(C([2H])([2H])[2H])C([2H])([2H])[2H])cc6)ccn5)cc(C(C)(C)C)c4)cccc32)cc1-c1ccccc1.[Pt]. The third-order valence-electron chi connectivity index (χ3n) is 13.9. The Bertz CT molecular complexity index is 3940. The number of hydrogen-bond acceptors (Lipinski definition) is 3. The predicted octanol–water partition coefficient (Wildman–Crippen LogP) is 18.7. The summed E-state index contributed by atoms with van der Waals surface area (Å²) in [5, 5.41) is 12.9. The summed E-state index contributed by atoms with van der Waals surface area (Å²) < 4.78 is 103. The summed E-state index contributed by atoms with van der Waals surface area (Å²) in [4.78, 5) is 10.5. The summed E-state index contributed by atoms with van der Waals surface area (Å²) in [7, 11) is 0.